The highest BCUT2D eigenvalue weighted by atomic mass is 16.3. The Balaban J connectivity index is 1.64. The van der Waals surface area contributed by atoms with Crippen LogP contribution >= 0.6 is 0 Å². The van der Waals surface area contributed by atoms with Crippen molar-refractivity contribution in [2.45, 2.75) is 64.8 Å². The molecular formula is C23H34N4O2. The third kappa shape index (κ3) is 5.06. The summed E-state index contributed by atoms with van der Waals surface area (Å²) < 4.78 is 2.08. The minimum atomic E-state index is -1.34. The van der Waals surface area contributed by atoms with Gasteiger partial charge in [0.05, 0.1) is 6.54 Å². The number of carbonyl (C=O) groups is 1. The zero-order valence-electron chi connectivity index (χ0n) is 18.1. The van der Waals surface area contributed by atoms with Gasteiger partial charge >= 0.3 is 0 Å². The maximum Gasteiger partial charge on any atom is 0.256 e. The summed E-state index contributed by atoms with van der Waals surface area (Å²) >= 11 is 0. The van der Waals surface area contributed by atoms with E-state index in [-0.39, 0.29) is 5.91 Å². The second kappa shape index (κ2) is 9.09. The minimum absolute atomic E-state index is 0.164. The van der Waals surface area contributed by atoms with Crippen LogP contribution in [0.2, 0.25) is 0 Å². The van der Waals surface area contributed by atoms with Gasteiger partial charge in [-0.3, -0.25) is 9.69 Å². The first-order valence-corrected chi connectivity index (χ1v) is 10.6. The lowest BCUT2D eigenvalue weighted by Gasteiger charge is -2.40. The summed E-state index contributed by atoms with van der Waals surface area (Å²) in [4.78, 5) is 21.3. The van der Waals surface area contributed by atoms with Crippen LogP contribution in [0, 0.1) is 0 Å². The summed E-state index contributed by atoms with van der Waals surface area (Å²) in [6, 6.07) is 8.44. The molecule has 6 heteroatoms. The fourth-order valence-corrected chi connectivity index (χ4v) is 4.11. The fourth-order valence-electron chi connectivity index (χ4n) is 4.11. The molecule has 1 fully saturated rings. The fraction of sp³-hybridized carbons (Fsp3) is 0.565. The van der Waals surface area contributed by atoms with Crippen molar-refractivity contribution in [2.75, 3.05) is 20.1 Å². The molecule has 1 aromatic heterocycles. The maximum absolute atomic E-state index is 13.1. The summed E-state index contributed by atoms with van der Waals surface area (Å²) in [6.45, 7) is 9.43. The van der Waals surface area contributed by atoms with E-state index in [1.165, 1.54) is 5.56 Å². The number of imidazole rings is 1. The Labute approximate surface area is 174 Å². The molecule has 2 aromatic rings. The van der Waals surface area contributed by atoms with Crippen LogP contribution in [0.15, 0.2) is 36.7 Å². The molecule has 0 saturated carbocycles. The molecule has 1 aromatic carbocycles. The first-order chi connectivity index (χ1) is 13.8. The summed E-state index contributed by atoms with van der Waals surface area (Å²) in [7, 11) is 1.93. The average Bonchev–Trinajstić information content (AvgIpc) is 3.13. The molecule has 3 rings (SSSR count). The van der Waals surface area contributed by atoms with Gasteiger partial charge in [0.15, 0.2) is 5.60 Å². The van der Waals surface area contributed by atoms with Crippen LogP contribution in [0.1, 0.15) is 56.5 Å². The van der Waals surface area contributed by atoms with Crippen LogP contribution in [0.25, 0.3) is 0 Å². The van der Waals surface area contributed by atoms with Gasteiger partial charge in [-0.15, -0.1) is 0 Å². The highest BCUT2D eigenvalue weighted by Gasteiger charge is 2.42. The zero-order valence-corrected chi connectivity index (χ0v) is 18.1. The molecule has 158 valence electrons. The van der Waals surface area contributed by atoms with Gasteiger partial charge in [-0.05, 0) is 43.9 Å². The number of likely N-dealkylation sites (tertiary alicyclic amines) is 1. The smallest absolute Gasteiger partial charge is 0.256 e. The molecule has 1 saturated heterocycles. The normalized spacial score (nSPS) is 20.1. The molecule has 0 unspecified atom stereocenters. The Morgan fingerprint density at radius 3 is 2.66 bits per heavy atom. The predicted octanol–water partition coefficient (Wildman–Crippen LogP) is 3.01. The van der Waals surface area contributed by atoms with Crippen LogP contribution in [0.3, 0.4) is 0 Å². The standard InChI is InChI=1S/C23H34N4O2/c1-5-26-14-12-24-21(26)16-25(4)17-23(29)11-6-13-27(22(23)28)15-19-7-9-20(10-8-19)18(2)3/h7-10,12,14,18,29H,5-6,11,13,15-17H2,1-4H3/t23-/m1/s1. The summed E-state index contributed by atoms with van der Waals surface area (Å²) in [5.74, 6) is 1.27. The van der Waals surface area contributed by atoms with Crippen LogP contribution in [0.5, 0.6) is 0 Å². The van der Waals surface area contributed by atoms with Crippen molar-refractivity contribution in [3.8, 4) is 0 Å². The minimum Gasteiger partial charge on any atom is -0.379 e. The highest BCUT2D eigenvalue weighted by Crippen LogP contribution is 2.26. The molecule has 1 N–H and O–H groups in total. The summed E-state index contributed by atoms with van der Waals surface area (Å²) in [5.41, 5.74) is 1.06. The predicted molar refractivity (Wildman–Crippen MR) is 114 cm³/mol. The van der Waals surface area contributed by atoms with Crippen LogP contribution in [-0.2, 0) is 24.4 Å². The molecular weight excluding hydrogens is 364 g/mol. The first-order valence-electron chi connectivity index (χ1n) is 10.6. The number of hydrogen-bond donors (Lipinski definition) is 1. The van der Waals surface area contributed by atoms with E-state index in [9.17, 15) is 9.90 Å². The lowest BCUT2D eigenvalue weighted by molar-refractivity contribution is -0.160. The largest absolute Gasteiger partial charge is 0.379 e. The molecule has 1 amide bonds. The Kier molecular flexibility index (Phi) is 6.75. The van der Waals surface area contributed by atoms with Crippen LogP contribution < -0.4 is 0 Å². The van der Waals surface area contributed by atoms with Crippen molar-refractivity contribution in [2.24, 2.45) is 0 Å². The third-order valence-electron chi connectivity index (χ3n) is 5.81. The molecule has 2 heterocycles. The number of aryl methyl sites for hydroxylation is 1. The van der Waals surface area contributed by atoms with E-state index in [1.807, 2.05) is 18.1 Å². The number of nitrogens with zero attached hydrogens (tertiary/aromatic N) is 4. The second-order valence-electron chi connectivity index (χ2n) is 8.56. The van der Waals surface area contributed by atoms with Crippen molar-refractivity contribution in [3.05, 3.63) is 53.6 Å². The lowest BCUT2D eigenvalue weighted by atomic mass is 9.90. The van der Waals surface area contributed by atoms with E-state index < -0.39 is 5.60 Å². The molecule has 6 nitrogen and oxygen atoms in total. The van der Waals surface area contributed by atoms with Gasteiger partial charge in [-0.2, -0.15) is 0 Å². The number of piperidine rings is 1. The third-order valence-corrected chi connectivity index (χ3v) is 5.81. The number of amides is 1. The number of likely N-dealkylation sites (N-methyl/N-ethyl adjacent to an activating group) is 1. The number of benzene rings is 1. The molecule has 29 heavy (non-hydrogen) atoms. The SMILES string of the molecule is CCn1ccnc1CN(C)C[C@]1(O)CCCN(Cc2ccc(C(C)C)cc2)C1=O. The molecule has 0 spiro atoms. The molecule has 1 aliphatic heterocycles. The van der Waals surface area contributed by atoms with E-state index in [0.717, 1.165) is 24.4 Å². The van der Waals surface area contributed by atoms with Crippen molar-refractivity contribution in [3.63, 3.8) is 0 Å². The van der Waals surface area contributed by atoms with Gasteiger partial charge in [-0.25, -0.2) is 4.98 Å². The van der Waals surface area contributed by atoms with Crippen molar-refractivity contribution >= 4 is 5.91 Å². The average molecular weight is 399 g/mol. The van der Waals surface area contributed by atoms with Crippen LogP contribution in [0.4, 0.5) is 0 Å². The zero-order chi connectivity index (χ0) is 21.0. The van der Waals surface area contributed by atoms with Gasteiger partial charge in [0.25, 0.3) is 5.91 Å². The van der Waals surface area contributed by atoms with Gasteiger partial charge in [0, 0.05) is 38.6 Å². The van der Waals surface area contributed by atoms with Crippen LogP contribution in [-0.4, -0.2) is 56.1 Å². The van der Waals surface area contributed by atoms with E-state index in [0.29, 0.717) is 38.5 Å². The quantitative estimate of drug-likeness (QED) is 0.743. The molecule has 0 bridgehead atoms. The molecule has 1 aliphatic rings. The first kappa shape index (κ1) is 21.5. The Morgan fingerprint density at radius 2 is 2.00 bits per heavy atom. The monoisotopic (exact) mass is 398 g/mol. The number of aliphatic hydroxyl groups is 1. The molecule has 0 aliphatic carbocycles. The Bertz CT molecular complexity index is 815. The summed E-state index contributed by atoms with van der Waals surface area (Å²) in [5, 5.41) is 11.2. The molecule has 0 radical (unpaired) electrons. The maximum atomic E-state index is 13.1. The van der Waals surface area contributed by atoms with E-state index in [4.69, 9.17) is 0 Å². The van der Waals surface area contributed by atoms with E-state index in [1.54, 1.807) is 11.1 Å². The van der Waals surface area contributed by atoms with Crippen molar-refractivity contribution < 1.29 is 9.90 Å². The Hall–Kier alpha value is -2.18. The lowest BCUT2D eigenvalue weighted by Crippen LogP contribution is -2.57. The number of aromatic nitrogens is 2. The number of hydrogen-bond acceptors (Lipinski definition) is 4. The van der Waals surface area contributed by atoms with Crippen molar-refractivity contribution in [1.29, 1.82) is 0 Å². The van der Waals surface area contributed by atoms with Gasteiger partial charge < -0.3 is 14.6 Å². The summed E-state index contributed by atoms with van der Waals surface area (Å²) in [6.07, 6.45) is 5.06. The topological polar surface area (TPSA) is 61.6 Å². The van der Waals surface area contributed by atoms with E-state index >= 15 is 0 Å². The highest BCUT2D eigenvalue weighted by molar-refractivity contribution is 5.86. The van der Waals surface area contributed by atoms with Crippen molar-refractivity contribution in [1.82, 2.24) is 19.4 Å². The molecule has 1 atom stereocenters. The van der Waals surface area contributed by atoms with E-state index in [2.05, 4.69) is 54.6 Å². The second-order valence-corrected chi connectivity index (χ2v) is 8.56. The number of carbonyl (C=O) groups excluding carboxylic acids is 1. The Morgan fingerprint density at radius 1 is 1.28 bits per heavy atom. The van der Waals surface area contributed by atoms with Gasteiger partial charge in [-0.1, -0.05) is 38.1 Å². The van der Waals surface area contributed by atoms with Gasteiger partial charge in [0.1, 0.15) is 5.82 Å². The van der Waals surface area contributed by atoms with Gasteiger partial charge in [0.2, 0.25) is 0 Å². The number of rotatable bonds is 8.